The van der Waals surface area contributed by atoms with Crippen LogP contribution >= 0.6 is 0 Å². The number of nitrogens with two attached hydrogens (primary N) is 1. The lowest BCUT2D eigenvalue weighted by Gasteiger charge is -2.16. The molecule has 0 rings (SSSR count). The highest BCUT2D eigenvalue weighted by atomic mass is 15.1. The van der Waals surface area contributed by atoms with Crippen molar-refractivity contribution in [3.63, 3.8) is 0 Å². The van der Waals surface area contributed by atoms with Crippen molar-refractivity contribution >= 4 is 0 Å². The lowest BCUT2D eigenvalue weighted by molar-refractivity contribution is 0.335. The molecule has 0 atom stereocenters. The van der Waals surface area contributed by atoms with Crippen molar-refractivity contribution in [1.82, 2.24) is 10.2 Å². The molecule has 0 saturated heterocycles. The fourth-order valence-electron chi connectivity index (χ4n) is 0.876. The van der Waals surface area contributed by atoms with Crippen molar-refractivity contribution in [2.75, 3.05) is 33.2 Å². The van der Waals surface area contributed by atoms with Crippen LogP contribution in [0.25, 0.3) is 0 Å². The first-order chi connectivity index (χ1) is 5.16. The van der Waals surface area contributed by atoms with Gasteiger partial charge in [-0.3, -0.25) is 0 Å². The van der Waals surface area contributed by atoms with E-state index in [1.165, 1.54) is 0 Å². The van der Waals surface area contributed by atoms with Gasteiger partial charge in [-0.05, 0) is 7.05 Å². The van der Waals surface area contributed by atoms with E-state index in [0.717, 1.165) is 26.2 Å². The van der Waals surface area contributed by atoms with E-state index in [9.17, 15) is 0 Å². The van der Waals surface area contributed by atoms with E-state index >= 15 is 0 Å². The average molecular weight is 159 g/mol. The molecule has 0 saturated carbocycles. The van der Waals surface area contributed by atoms with Crippen LogP contribution < -0.4 is 11.1 Å². The maximum Gasteiger partial charge on any atom is 0.0104 e. The molecule has 0 unspecified atom stereocenters. The number of hydrogen-bond acceptors (Lipinski definition) is 3. The zero-order chi connectivity index (χ0) is 8.69. The average Bonchev–Trinajstić information content (AvgIpc) is 1.87. The fraction of sp³-hybridized carbons (Fsp3) is 1.00. The molecule has 3 heteroatoms. The van der Waals surface area contributed by atoms with Crippen molar-refractivity contribution in [3.8, 4) is 0 Å². The molecule has 0 amide bonds. The molecule has 0 aliphatic carbocycles. The minimum Gasteiger partial charge on any atom is -0.329 e. The molecule has 0 bridgehead atoms. The Labute approximate surface area is 69.9 Å². The number of rotatable bonds is 6. The third kappa shape index (κ3) is 7.78. The summed E-state index contributed by atoms with van der Waals surface area (Å²) in [4.78, 5) is 2.23. The summed E-state index contributed by atoms with van der Waals surface area (Å²) in [6.45, 7) is 8.17. The van der Waals surface area contributed by atoms with Crippen molar-refractivity contribution in [2.45, 2.75) is 19.9 Å². The zero-order valence-electron chi connectivity index (χ0n) is 7.93. The Balaban J connectivity index is 3.10. The van der Waals surface area contributed by atoms with Crippen molar-refractivity contribution in [3.05, 3.63) is 0 Å². The van der Waals surface area contributed by atoms with Gasteiger partial charge >= 0.3 is 0 Å². The highest BCUT2D eigenvalue weighted by Gasteiger charge is 1.96. The molecular formula is C8H21N3. The number of hydrogen-bond donors (Lipinski definition) is 2. The predicted molar refractivity (Wildman–Crippen MR) is 49.7 cm³/mol. The van der Waals surface area contributed by atoms with Crippen LogP contribution in [0.3, 0.4) is 0 Å². The van der Waals surface area contributed by atoms with E-state index in [1.807, 2.05) is 0 Å². The summed E-state index contributed by atoms with van der Waals surface area (Å²) in [6.07, 6.45) is 0. The topological polar surface area (TPSA) is 41.3 Å². The Morgan fingerprint density at radius 2 is 2.00 bits per heavy atom. The highest BCUT2D eigenvalue weighted by Crippen LogP contribution is 1.80. The molecule has 0 aliphatic rings. The van der Waals surface area contributed by atoms with E-state index in [0.29, 0.717) is 6.04 Å². The Hall–Kier alpha value is -0.120. The molecule has 0 aromatic carbocycles. The lowest BCUT2D eigenvalue weighted by atomic mass is 10.4. The quantitative estimate of drug-likeness (QED) is 0.567. The van der Waals surface area contributed by atoms with Gasteiger partial charge in [-0.25, -0.2) is 0 Å². The molecule has 3 N–H and O–H groups in total. The second kappa shape index (κ2) is 6.58. The van der Waals surface area contributed by atoms with Crippen LogP contribution in [0.2, 0.25) is 0 Å². The van der Waals surface area contributed by atoms with Crippen molar-refractivity contribution in [2.24, 2.45) is 5.73 Å². The van der Waals surface area contributed by atoms with E-state index in [-0.39, 0.29) is 0 Å². The van der Waals surface area contributed by atoms with Crippen molar-refractivity contribution in [1.29, 1.82) is 0 Å². The normalized spacial score (nSPS) is 11.5. The predicted octanol–water partition coefficient (Wildman–Crippen LogP) is -0.125. The van der Waals surface area contributed by atoms with Gasteiger partial charge < -0.3 is 16.0 Å². The van der Waals surface area contributed by atoms with Crippen LogP contribution in [0.1, 0.15) is 13.8 Å². The monoisotopic (exact) mass is 159 g/mol. The largest absolute Gasteiger partial charge is 0.329 e. The molecule has 0 radical (unpaired) electrons. The molecule has 11 heavy (non-hydrogen) atoms. The molecule has 0 aromatic rings. The molecule has 0 spiro atoms. The third-order valence-corrected chi connectivity index (χ3v) is 1.56. The Bertz CT molecular complexity index is 83.4. The molecule has 0 aliphatic heterocycles. The minimum absolute atomic E-state index is 0.585. The van der Waals surface area contributed by atoms with Crippen LogP contribution in [0.4, 0.5) is 0 Å². The van der Waals surface area contributed by atoms with Crippen LogP contribution in [0, 0.1) is 0 Å². The van der Waals surface area contributed by atoms with Gasteiger partial charge in [-0.15, -0.1) is 0 Å². The summed E-state index contributed by atoms with van der Waals surface area (Å²) in [7, 11) is 2.09. The van der Waals surface area contributed by atoms with Gasteiger partial charge in [0.1, 0.15) is 0 Å². The smallest absolute Gasteiger partial charge is 0.0104 e. The van der Waals surface area contributed by atoms with Gasteiger partial charge in [-0.1, -0.05) is 13.8 Å². The van der Waals surface area contributed by atoms with Gasteiger partial charge in [0, 0.05) is 32.2 Å². The Morgan fingerprint density at radius 1 is 1.36 bits per heavy atom. The summed E-state index contributed by atoms with van der Waals surface area (Å²) in [5.41, 5.74) is 5.40. The first-order valence-corrected chi connectivity index (χ1v) is 4.28. The van der Waals surface area contributed by atoms with Gasteiger partial charge in [0.25, 0.3) is 0 Å². The van der Waals surface area contributed by atoms with Crippen LogP contribution in [0.15, 0.2) is 0 Å². The minimum atomic E-state index is 0.585. The first-order valence-electron chi connectivity index (χ1n) is 4.28. The van der Waals surface area contributed by atoms with Crippen molar-refractivity contribution < 1.29 is 0 Å². The summed E-state index contributed by atoms with van der Waals surface area (Å²) < 4.78 is 0. The molecule has 0 fully saturated rings. The standard InChI is InChI=1S/C8H21N3/c1-8(2)10-5-7-11(3)6-4-9/h8,10H,4-7,9H2,1-3H3. The summed E-state index contributed by atoms with van der Waals surface area (Å²) >= 11 is 0. The molecular weight excluding hydrogens is 138 g/mol. The Kier molecular flexibility index (Phi) is 6.51. The Morgan fingerprint density at radius 3 is 2.45 bits per heavy atom. The fourth-order valence-corrected chi connectivity index (χ4v) is 0.876. The zero-order valence-corrected chi connectivity index (χ0v) is 7.93. The molecule has 0 aromatic heterocycles. The summed E-state index contributed by atoms with van der Waals surface area (Å²) in [5, 5.41) is 3.35. The maximum atomic E-state index is 5.40. The van der Waals surface area contributed by atoms with Gasteiger partial charge in [0.15, 0.2) is 0 Å². The summed E-state index contributed by atoms with van der Waals surface area (Å²) in [5.74, 6) is 0. The SMILES string of the molecule is CC(C)NCCN(C)CCN. The second-order valence-electron chi connectivity index (χ2n) is 3.20. The summed E-state index contributed by atoms with van der Waals surface area (Å²) in [6, 6.07) is 0.585. The van der Waals surface area contributed by atoms with E-state index in [2.05, 4.69) is 31.1 Å². The van der Waals surface area contributed by atoms with Gasteiger partial charge in [0.2, 0.25) is 0 Å². The maximum absolute atomic E-state index is 5.40. The number of nitrogens with zero attached hydrogens (tertiary/aromatic N) is 1. The second-order valence-corrected chi connectivity index (χ2v) is 3.20. The van der Waals surface area contributed by atoms with Crippen LogP contribution in [0.5, 0.6) is 0 Å². The number of nitrogens with one attached hydrogen (secondary N) is 1. The molecule has 0 heterocycles. The highest BCUT2D eigenvalue weighted by molar-refractivity contribution is 4.57. The van der Waals surface area contributed by atoms with E-state index < -0.39 is 0 Å². The van der Waals surface area contributed by atoms with Gasteiger partial charge in [0.05, 0.1) is 0 Å². The van der Waals surface area contributed by atoms with Crippen LogP contribution in [-0.4, -0.2) is 44.2 Å². The van der Waals surface area contributed by atoms with E-state index in [4.69, 9.17) is 5.73 Å². The lowest BCUT2D eigenvalue weighted by Crippen LogP contribution is -2.35. The van der Waals surface area contributed by atoms with E-state index in [1.54, 1.807) is 0 Å². The molecule has 3 nitrogen and oxygen atoms in total. The van der Waals surface area contributed by atoms with Gasteiger partial charge in [-0.2, -0.15) is 0 Å². The number of likely N-dealkylation sites (N-methyl/N-ethyl adjacent to an activating group) is 1. The molecule has 68 valence electrons. The third-order valence-electron chi connectivity index (χ3n) is 1.56. The van der Waals surface area contributed by atoms with Crippen LogP contribution in [-0.2, 0) is 0 Å². The first kappa shape index (κ1) is 10.9.